The summed E-state index contributed by atoms with van der Waals surface area (Å²) in [6, 6.07) is 7.63. The standard InChI is InChI=1S/C20H19F3N2O3S/c21-20(22,23)15-5-3-14(4-6-15)17(26)25-11-13-29-19(25)7-9-24(10-8-19)18(27)16-2-1-12-28-16/h1-6,12H,7-11,13H2. The first kappa shape index (κ1) is 19.9. The summed E-state index contributed by atoms with van der Waals surface area (Å²) in [5, 5.41) is 0. The number of halogens is 3. The molecule has 0 unspecified atom stereocenters. The van der Waals surface area contributed by atoms with Crippen LogP contribution in [0.15, 0.2) is 47.1 Å². The third-order valence-electron chi connectivity index (χ3n) is 5.45. The molecule has 0 aliphatic carbocycles. The Labute approximate surface area is 169 Å². The summed E-state index contributed by atoms with van der Waals surface area (Å²) < 4.78 is 43.5. The van der Waals surface area contributed by atoms with E-state index < -0.39 is 16.6 Å². The van der Waals surface area contributed by atoms with Crippen LogP contribution in [0.1, 0.15) is 39.3 Å². The van der Waals surface area contributed by atoms with E-state index in [2.05, 4.69) is 0 Å². The highest BCUT2D eigenvalue weighted by Gasteiger charge is 2.47. The van der Waals surface area contributed by atoms with E-state index in [-0.39, 0.29) is 23.1 Å². The van der Waals surface area contributed by atoms with Crippen molar-refractivity contribution >= 4 is 23.6 Å². The highest BCUT2D eigenvalue weighted by atomic mass is 32.2. The minimum absolute atomic E-state index is 0.173. The SMILES string of the molecule is O=C(c1ccco1)N1CCC2(CC1)SCCN2C(=O)c1ccc(C(F)(F)F)cc1. The van der Waals surface area contributed by atoms with Crippen molar-refractivity contribution in [3.05, 3.63) is 59.5 Å². The second-order valence-corrected chi connectivity index (χ2v) is 8.55. The maximum atomic E-state index is 13.0. The molecule has 2 aromatic rings. The second kappa shape index (κ2) is 7.44. The van der Waals surface area contributed by atoms with Gasteiger partial charge in [-0.25, -0.2) is 0 Å². The molecule has 9 heteroatoms. The largest absolute Gasteiger partial charge is 0.459 e. The highest BCUT2D eigenvalue weighted by Crippen LogP contribution is 2.44. The molecule has 0 radical (unpaired) electrons. The van der Waals surface area contributed by atoms with E-state index in [1.54, 1.807) is 33.7 Å². The molecule has 0 atom stereocenters. The molecule has 4 rings (SSSR count). The first-order valence-corrected chi connectivity index (χ1v) is 10.2. The summed E-state index contributed by atoms with van der Waals surface area (Å²) in [5.74, 6) is 0.610. The minimum Gasteiger partial charge on any atom is -0.459 e. The molecule has 1 aromatic carbocycles. The molecular weight excluding hydrogens is 405 g/mol. The zero-order valence-corrected chi connectivity index (χ0v) is 16.3. The highest BCUT2D eigenvalue weighted by molar-refractivity contribution is 8.00. The predicted octanol–water partition coefficient (Wildman–Crippen LogP) is 4.12. The van der Waals surface area contributed by atoms with Crippen molar-refractivity contribution in [3.8, 4) is 0 Å². The average Bonchev–Trinajstić information content (AvgIpc) is 3.38. The van der Waals surface area contributed by atoms with Crippen LogP contribution in [0.5, 0.6) is 0 Å². The molecule has 29 heavy (non-hydrogen) atoms. The van der Waals surface area contributed by atoms with Gasteiger partial charge in [0.15, 0.2) is 5.76 Å². The van der Waals surface area contributed by atoms with Gasteiger partial charge in [-0.1, -0.05) is 0 Å². The van der Waals surface area contributed by atoms with Crippen LogP contribution in [0, 0.1) is 0 Å². The van der Waals surface area contributed by atoms with Crippen molar-refractivity contribution in [2.24, 2.45) is 0 Å². The molecule has 0 bridgehead atoms. The van der Waals surface area contributed by atoms with Crippen LogP contribution < -0.4 is 0 Å². The number of carbonyl (C=O) groups is 2. The Morgan fingerprint density at radius 1 is 1.00 bits per heavy atom. The molecule has 1 aromatic heterocycles. The molecule has 2 fully saturated rings. The summed E-state index contributed by atoms with van der Waals surface area (Å²) in [4.78, 5) is 28.5. The number of thioether (sulfide) groups is 1. The molecule has 2 saturated heterocycles. The van der Waals surface area contributed by atoms with Crippen molar-refractivity contribution in [3.63, 3.8) is 0 Å². The van der Waals surface area contributed by atoms with Gasteiger partial charge >= 0.3 is 6.18 Å². The van der Waals surface area contributed by atoms with Gasteiger partial charge in [-0.3, -0.25) is 9.59 Å². The average molecular weight is 424 g/mol. The second-order valence-electron chi connectivity index (χ2n) is 7.10. The van der Waals surface area contributed by atoms with Crippen molar-refractivity contribution < 1.29 is 27.2 Å². The topological polar surface area (TPSA) is 53.8 Å². The molecule has 3 heterocycles. The fourth-order valence-electron chi connectivity index (χ4n) is 3.88. The lowest BCUT2D eigenvalue weighted by Gasteiger charge is -2.44. The zero-order valence-electron chi connectivity index (χ0n) is 15.4. The van der Waals surface area contributed by atoms with E-state index in [4.69, 9.17) is 4.42 Å². The van der Waals surface area contributed by atoms with E-state index in [0.717, 1.165) is 17.9 Å². The van der Waals surface area contributed by atoms with Gasteiger partial charge in [0.05, 0.1) is 16.7 Å². The first-order valence-electron chi connectivity index (χ1n) is 9.26. The van der Waals surface area contributed by atoms with Gasteiger partial charge in [0.25, 0.3) is 11.8 Å². The lowest BCUT2D eigenvalue weighted by Crippen LogP contribution is -2.53. The van der Waals surface area contributed by atoms with Crippen LogP contribution in [-0.2, 0) is 6.18 Å². The van der Waals surface area contributed by atoms with E-state index >= 15 is 0 Å². The van der Waals surface area contributed by atoms with E-state index in [0.29, 0.717) is 32.5 Å². The van der Waals surface area contributed by atoms with E-state index in [9.17, 15) is 22.8 Å². The molecule has 0 N–H and O–H groups in total. The summed E-state index contributed by atoms with van der Waals surface area (Å²) in [6.07, 6.45) is -1.76. The lowest BCUT2D eigenvalue weighted by atomic mass is 10.0. The molecule has 2 aliphatic rings. The fourth-order valence-corrected chi connectivity index (χ4v) is 5.34. The van der Waals surface area contributed by atoms with Crippen LogP contribution in [0.4, 0.5) is 13.2 Å². The van der Waals surface area contributed by atoms with Gasteiger partial charge in [-0.15, -0.1) is 11.8 Å². The molecular formula is C20H19F3N2O3S. The lowest BCUT2D eigenvalue weighted by molar-refractivity contribution is -0.137. The Bertz CT molecular complexity index is 889. The van der Waals surface area contributed by atoms with Crippen LogP contribution in [0.25, 0.3) is 0 Å². The van der Waals surface area contributed by atoms with Gasteiger partial charge in [0.1, 0.15) is 0 Å². The quantitative estimate of drug-likeness (QED) is 0.728. The monoisotopic (exact) mass is 424 g/mol. The smallest absolute Gasteiger partial charge is 0.416 e. The summed E-state index contributed by atoms with van der Waals surface area (Å²) in [6.45, 7) is 1.52. The van der Waals surface area contributed by atoms with Crippen molar-refractivity contribution in [1.82, 2.24) is 9.80 Å². The van der Waals surface area contributed by atoms with Gasteiger partial charge < -0.3 is 14.2 Å². The van der Waals surface area contributed by atoms with E-state index in [1.165, 1.54) is 18.4 Å². The van der Waals surface area contributed by atoms with Crippen molar-refractivity contribution in [2.75, 3.05) is 25.4 Å². The summed E-state index contributed by atoms with van der Waals surface area (Å²) >= 11 is 1.68. The number of benzene rings is 1. The number of hydrogen-bond acceptors (Lipinski definition) is 4. The Hall–Kier alpha value is -2.42. The number of nitrogens with zero attached hydrogens (tertiary/aromatic N) is 2. The number of furan rings is 1. The maximum Gasteiger partial charge on any atom is 0.416 e. The molecule has 154 valence electrons. The van der Waals surface area contributed by atoms with Gasteiger partial charge in [0, 0.05) is 31.0 Å². The Morgan fingerprint density at radius 2 is 1.69 bits per heavy atom. The van der Waals surface area contributed by atoms with Gasteiger partial charge in [0.2, 0.25) is 0 Å². The number of alkyl halides is 3. The van der Waals surface area contributed by atoms with Gasteiger partial charge in [-0.2, -0.15) is 13.2 Å². The summed E-state index contributed by atoms with van der Waals surface area (Å²) in [5.41, 5.74) is -0.529. The van der Waals surface area contributed by atoms with E-state index in [1.807, 2.05) is 0 Å². The Morgan fingerprint density at radius 3 is 2.28 bits per heavy atom. The number of amides is 2. The fraction of sp³-hybridized carbons (Fsp3) is 0.400. The number of hydrogen-bond donors (Lipinski definition) is 0. The molecule has 2 amide bonds. The van der Waals surface area contributed by atoms with Gasteiger partial charge in [-0.05, 0) is 49.2 Å². The van der Waals surface area contributed by atoms with Crippen molar-refractivity contribution in [2.45, 2.75) is 23.9 Å². The number of piperidine rings is 1. The molecule has 5 nitrogen and oxygen atoms in total. The maximum absolute atomic E-state index is 13.0. The number of rotatable bonds is 2. The molecule has 1 spiro atoms. The first-order chi connectivity index (χ1) is 13.8. The van der Waals surface area contributed by atoms with Crippen LogP contribution in [0.3, 0.4) is 0 Å². The normalized spacial score (nSPS) is 19.0. The van der Waals surface area contributed by atoms with Crippen molar-refractivity contribution in [1.29, 1.82) is 0 Å². The van der Waals surface area contributed by atoms with Crippen LogP contribution in [-0.4, -0.2) is 51.9 Å². The molecule has 2 aliphatic heterocycles. The number of likely N-dealkylation sites (tertiary alicyclic amines) is 1. The Kier molecular flexibility index (Phi) is 5.10. The van der Waals surface area contributed by atoms with Crippen LogP contribution >= 0.6 is 11.8 Å². The molecule has 0 saturated carbocycles. The zero-order chi connectivity index (χ0) is 20.6. The third-order valence-corrected chi connectivity index (χ3v) is 7.00. The minimum atomic E-state index is -4.43. The number of carbonyl (C=O) groups excluding carboxylic acids is 2. The third kappa shape index (κ3) is 3.75. The van der Waals surface area contributed by atoms with Crippen LogP contribution in [0.2, 0.25) is 0 Å². The predicted molar refractivity (Wildman–Crippen MR) is 102 cm³/mol. The summed E-state index contributed by atoms with van der Waals surface area (Å²) in [7, 11) is 0. The Balaban J connectivity index is 1.46.